The van der Waals surface area contributed by atoms with Crippen molar-refractivity contribution in [3.8, 4) is 0 Å². The van der Waals surface area contributed by atoms with Crippen LogP contribution in [0.3, 0.4) is 0 Å². The Morgan fingerprint density at radius 2 is 1.76 bits per heavy atom. The zero-order valence-corrected chi connectivity index (χ0v) is 9.12. The summed E-state index contributed by atoms with van der Waals surface area (Å²) in [4.78, 5) is 21.8. The fourth-order valence-corrected chi connectivity index (χ4v) is 1.20. The van der Waals surface area contributed by atoms with E-state index >= 15 is 0 Å². The van der Waals surface area contributed by atoms with Crippen molar-refractivity contribution in [3.63, 3.8) is 0 Å². The van der Waals surface area contributed by atoms with Gasteiger partial charge in [-0.2, -0.15) is 0 Å². The summed E-state index contributed by atoms with van der Waals surface area (Å²) < 4.78 is 0. The van der Waals surface area contributed by atoms with E-state index in [2.05, 4.69) is 5.32 Å². The number of carboxylic acid groups (broad SMARTS) is 1. The van der Waals surface area contributed by atoms with Gasteiger partial charge in [0, 0.05) is 5.69 Å². The molecule has 1 aromatic rings. The summed E-state index contributed by atoms with van der Waals surface area (Å²) in [7, 11) is 0. The minimum Gasteiger partial charge on any atom is -0.479 e. The van der Waals surface area contributed by atoms with E-state index in [9.17, 15) is 14.7 Å². The van der Waals surface area contributed by atoms with Crippen molar-refractivity contribution in [1.82, 2.24) is 0 Å². The van der Waals surface area contributed by atoms with Crippen LogP contribution in [0.1, 0.15) is 5.56 Å². The number of rotatable bonds is 4. The molecule has 1 aromatic carbocycles. The Balaban J connectivity index is 2.73. The Hall–Kier alpha value is -1.92. The van der Waals surface area contributed by atoms with Gasteiger partial charge in [0.1, 0.15) is 0 Å². The molecular formula is C11H13NO5. The van der Waals surface area contributed by atoms with Crippen molar-refractivity contribution in [2.24, 2.45) is 0 Å². The van der Waals surface area contributed by atoms with Gasteiger partial charge in [-0.1, -0.05) is 18.2 Å². The molecule has 4 N–H and O–H groups in total. The van der Waals surface area contributed by atoms with Crippen molar-refractivity contribution in [1.29, 1.82) is 0 Å². The van der Waals surface area contributed by atoms with Crippen LogP contribution in [-0.4, -0.2) is 39.4 Å². The van der Waals surface area contributed by atoms with Gasteiger partial charge in [-0.3, -0.25) is 4.79 Å². The van der Waals surface area contributed by atoms with Crippen LogP contribution in [0.25, 0.3) is 0 Å². The Bertz CT molecular complexity index is 432. The van der Waals surface area contributed by atoms with Gasteiger partial charge >= 0.3 is 5.97 Å². The fraction of sp³-hybridized carbons (Fsp3) is 0.273. The Kier molecular flexibility index (Phi) is 4.19. The largest absolute Gasteiger partial charge is 0.479 e. The highest BCUT2D eigenvalue weighted by Crippen LogP contribution is 2.13. The maximum absolute atomic E-state index is 11.4. The monoisotopic (exact) mass is 239 g/mol. The number of para-hydroxylation sites is 1. The molecule has 1 rings (SSSR count). The summed E-state index contributed by atoms with van der Waals surface area (Å²) in [6, 6.07) is 6.80. The molecule has 0 saturated heterocycles. The molecule has 0 radical (unpaired) electrons. The van der Waals surface area contributed by atoms with Gasteiger partial charge in [0.15, 0.2) is 12.2 Å². The standard InChI is InChI=1S/C11H13NO5/c1-6-4-2-3-5-7(6)12-10(15)8(13)9(14)11(16)17/h2-5,8-9,13-14H,1H3,(H,12,15)(H,16,17). The maximum Gasteiger partial charge on any atom is 0.335 e. The van der Waals surface area contributed by atoms with Crippen molar-refractivity contribution in [3.05, 3.63) is 29.8 Å². The predicted octanol–water partition coefficient (Wildman–Crippen LogP) is -0.260. The van der Waals surface area contributed by atoms with Gasteiger partial charge in [0.05, 0.1) is 0 Å². The first kappa shape index (κ1) is 13.1. The molecule has 6 nitrogen and oxygen atoms in total. The first-order valence-corrected chi connectivity index (χ1v) is 4.89. The number of aliphatic carboxylic acids is 1. The number of aliphatic hydroxyl groups excluding tert-OH is 2. The second-order valence-electron chi connectivity index (χ2n) is 3.53. The first-order chi connectivity index (χ1) is 7.93. The minimum absolute atomic E-state index is 0.453. The molecule has 0 aromatic heterocycles. The van der Waals surface area contributed by atoms with Crippen LogP contribution >= 0.6 is 0 Å². The lowest BCUT2D eigenvalue weighted by Crippen LogP contribution is -2.42. The van der Waals surface area contributed by atoms with Crippen LogP contribution in [-0.2, 0) is 9.59 Å². The van der Waals surface area contributed by atoms with Gasteiger partial charge < -0.3 is 20.6 Å². The SMILES string of the molecule is Cc1ccccc1NC(=O)C(O)C(O)C(=O)O. The Morgan fingerprint density at radius 3 is 2.29 bits per heavy atom. The van der Waals surface area contributed by atoms with Crippen LogP contribution in [0.2, 0.25) is 0 Å². The summed E-state index contributed by atoms with van der Waals surface area (Å²) in [5.41, 5.74) is 1.21. The van der Waals surface area contributed by atoms with Gasteiger partial charge in [0.2, 0.25) is 0 Å². The summed E-state index contributed by atoms with van der Waals surface area (Å²) in [6.07, 6.45) is -4.15. The van der Waals surface area contributed by atoms with Crippen molar-refractivity contribution in [2.75, 3.05) is 5.32 Å². The molecular weight excluding hydrogens is 226 g/mol. The number of nitrogens with one attached hydrogen (secondary N) is 1. The molecule has 0 heterocycles. The number of carbonyl (C=O) groups is 2. The summed E-state index contributed by atoms with van der Waals surface area (Å²) >= 11 is 0. The third-order valence-electron chi connectivity index (χ3n) is 2.22. The van der Waals surface area contributed by atoms with E-state index in [1.807, 2.05) is 0 Å². The topological polar surface area (TPSA) is 107 Å². The highest BCUT2D eigenvalue weighted by Gasteiger charge is 2.30. The fourth-order valence-electron chi connectivity index (χ4n) is 1.20. The molecule has 1 amide bonds. The Labute approximate surface area is 97.5 Å². The predicted molar refractivity (Wildman–Crippen MR) is 59.5 cm³/mol. The number of hydrogen-bond acceptors (Lipinski definition) is 4. The molecule has 0 aliphatic heterocycles. The molecule has 0 fully saturated rings. The van der Waals surface area contributed by atoms with E-state index in [-0.39, 0.29) is 0 Å². The second kappa shape index (κ2) is 5.42. The normalized spacial score (nSPS) is 13.8. The number of amides is 1. The van der Waals surface area contributed by atoms with E-state index in [0.717, 1.165) is 5.56 Å². The number of carbonyl (C=O) groups excluding carboxylic acids is 1. The van der Waals surface area contributed by atoms with Crippen LogP contribution in [0.15, 0.2) is 24.3 Å². The maximum atomic E-state index is 11.4. The molecule has 2 unspecified atom stereocenters. The van der Waals surface area contributed by atoms with Crippen LogP contribution in [0, 0.1) is 6.92 Å². The molecule has 0 bridgehead atoms. The van der Waals surface area contributed by atoms with Crippen LogP contribution < -0.4 is 5.32 Å². The third-order valence-corrected chi connectivity index (χ3v) is 2.22. The van der Waals surface area contributed by atoms with Crippen LogP contribution in [0.4, 0.5) is 5.69 Å². The van der Waals surface area contributed by atoms with Crippen LogP contribution in [0.5, 0.6) is 0 Å². The minimum atomic E-state index is -2.14. The van der Waals surface area contributed by atoms with E-state index in [1.54, 1.807) is 31.2 Å². The molecule has 6 heteroatoms. The average Bonchev–Trinajstić information content (AvgIpc) is 2.30. The lowest BCUT2D eigenvalue weighted by atomic mass is 10.1. The molecule has 2 atom stereocenters. The molecule has 0 saturated carbocycles. The number of hydrogen-bond donors (Lipinski definition) is 4. The molecule has 92 valence electrons. The van der Waals surface area contributed by atoms with Crippen molar-refractivity contribution in [2.45, 2.75) is 19.1 Å². The molecule has 0 spiro atoms. The number of benzene rings is 1. The van der Waals surface area contributed by atoms with E-state index < -0.39 is 24.1 Å². The van der Waals surface area contributed by atoms with E-state index in [0.29, 0.717) is 5.69 Å². The lowest BCUT2D eigenvalue weighted by Gasteiger charge is -2.14. The highest BCUT2D eigenvalue weighted by molar-refractivity contribution is 5.97. The van der Waals surface area contributed by atoms with Gasteiger partial charge in [-0.25, -0.2) is 4.79 Å². The average molecular weight is 239 g/mol. The molecule has 17 heavy (non-hydrogen) atoms. The van der Waals surface area contributed by atoms with E-state index in [4.69, 9.17) is 10.2 Å². The molecule has 0 aliphatic rings. The highest BCUT2D eigenvalue weighted by atomic mass is 16.4. The van der Waals surface area contributed by atoms with Gasteiger partial charge in [-0.15, -0.1) is 0 Å². The van der Waals surface area contributed by atoms with Gasteiger partial charge in [-0.05, 0) is 18.6 Å². The quantitative estimate of drug-likeness (QED) is 0.579. The molecule has 0 aliphatic carbocycles. The van der Waals surface area contributed by atoms with Gasteiger partial charge in [0.25, 0.3) is 5.91 Å². The number of anilines is 1. The number of aliphatic hydroxyl groups is 2. The van der Waals surface area contributed by atoms with Crippen molar-refractivity contribution < 1.29 is 24.9 Å². The zero-order valence-electron chi connectivity index (χ0n) is 9.12. The van der Waals surface area contributed by atoms with Crippen molar-refractivity contribution >= 4 is 17.6 Å². The zero-order chi connectivity index (χ0) is 13.0. The lowest BCUT2D eigenvalue weighted by molar-refractivity contribution is -0.156. The summed E-state index contributed by atoms with van der Waals surface area (Å²) in [5.74, 6) is -2.62. The number of carboxylic acids is 1. The summed E-state index contributed by atoms with van der Waals surface area (Å²) in [5, 5.41) is 29.0. The third kappa shape index (κ3) is 3.27. The summed E-state index contributed by atoms with van der Waals surface area (Å²) in [6.45, 7) is 1.75. The second-order valence-corrected chi connectivity index (χ2v) is 3.53. The smallest absolute Gasteiger partial charge is 0.335 e. The Morgan fingerprint density at radius 1 is 1.18 bits per heavy atom. The number of aryl methyl sites for hydroxylation is 1. The first-order valence-electron chi connectivity index (χ1n) is 4.89. The van der Waals surface area contributed by atoms with E-state index in [1.165, 1.54) is 0 Å².